The minimum atomic E-state index is -4.41. The van der Waals surface area contributed by atoms with E-state index < -0.39 is 5.51 Å². The van der Waals surface area contributed by atoms with Crippen molar-refractivity contribution < 1.29 is 13.2 Å². The van der Waals surface area contributed by atoms with Crippen LogP contribution in [-0.4, -0.2) is 28.2 Å². The van der Waals surface area contributed by atoms with Crippen LogP contribution in [0.15, 0.2) is 58.0 Å². The summed E-state index contributed by atoms with van der Waals surface area (Å²) >= 11 is 3.13. The number of aromatic nitrogens is 2. The highest BCUT2D eigenvalue weighted by molar-refractivity contribution is 9.10. The monoisotopic (exact) mass is 510 g/mol. The van der Waals surface area contributed by atoms with Gasteiger partial charge in [-0.2, -0.15) is 18.2 Å². The van der Waals surface area contributed by atoms with Gasteiger partial charge in [0.2, 0.25) is 5.95 Å². The maximum absolute atomic E-state index is 12.9. The summed E-state index contributed by atoms with van der Waals surface area (Å²) in [6, 6.07) is 11.6. The highest BCUT2D eigenvalue weighted by Gasteiger charge is 2.30. The van der Waals surface area contributed by atoms with Crippen LogP contribution in [0.2, 0.25) is 0 Å². The summed E-state index contributed by atoms with van der Waals surface area (Å²) in [4.78, 5) is 8.62. The third-order valence-corrected chi connectivity index (χ3v) is 5.45. The first-order valence-electron chi connectivity index (χ1n) is 8.95. The minimum Gasteiger partial charge on any atom is -0.388 e. The molecule has 0 radical (unpaired) electrons. The Labute approximate surface area is 189 Å². The molecule has 0 atom stereocenters. The van der Waals surface area contributed by atoms with Crippen LogP contribution in [0.4, 0.5) is 42.0 Å². The zero-order chi connectivity index (χ0) is 22.6. The third kappa shape index (κ3) is 6.11. The van der Waals surface area contributed by atoms with Gasteiger partial charge in [0.25, 0.3) is 0 Å². The number of rotatable bonds is 7. The first-order chi connectivity index (χ1) is 14.7. The molecule has 3 rings (SSSR count). The van der Waals surface area contributed by atoms with Crippen LogP contribution in [0.5, 0.6) is 0 Å². The van der Waals surface area contributed by atoms with Gasteiger partial charge in [0, 0.05) is 40.8 Å². The molecule has 0 aliphatic rings. The lowest BCUT2D eigenvalue weighted by Gasteiger charge is -2.15. The van der Waals surface area contributed by atoms with Crippen molar-refractivity contribution in [1.82, 2.24) is 9.97 Å². The van der Waals surface area contributed by atoms with Gasteiger partial charge in [-0.05, 0) is 64.9 Å². The van der Waals surface area contributed by atoms with Crippen LogP contribution < -0.4 is 16.0 Å². The fraction of sp³-hybridized carbons (Fsp3) is 0.150. The van der Waals surface area contributed by atoms with Crippen LogP contribution in [0.3, 0.4) is 0 Å². The Morgan fingerprint density at radius 1 is 1.10 bits per heavy atom. The maximum atomic E-state index is 12.9. The quantitative estimate of drug-likeness (QED) is 0.207. The number of hydrogen-bond donors (Lipinski definition) is 4. The van der Waals surface area contributed by atoms with Crippen LogP contribution in [0.1, 0.15) is 12.5 Å². The van der Waals surface area contributed by atoms with Crippen LogP contribution in [-0.2, 0) is 0 Å². The molecule has 31 heavy (non-hydrogen) atoms. The fourth-order valence-electron chi connectivity index (χ4n) is 2.71. The lowest BCUT2D eigenvalue weighted by molar-refractivity contribution is -0.0327. The van der Waals surface area contributed by atoms with Gasteiger partial charge in [-0.3, -0.25) is 0 Å². The van der Waals surface area contributed by atoms with Gasteiger partial charge in [0.15, 0.2) is 0 Å². The van der Waals surface area contributed by atoms with Crippen molar-refractivity contribution in [2.24, 2.45) is 0 Å². The summed E-state index contributed by atoms with van der Waals surface area (Å²) in [6.07, 6.45) is 1.50. The molecule has 0 amide bonds. The molecule has 0 aliphatic carbocycles. The van der Waals surface area contributed by atoms with Crippen molar-refractivity contribution in [3.63, 3.8) is 0 Å². The SMILES string of the molecule is CNc1ccc(Nc2ncc(Br)c(Nc3ccccc3SC(F)(F)F)n2)cc1C(C)=N. The molecule has 3 aromatic rings. The molecule has 1 aromatic heterocycles. The predicted octanol–water partition coefficient (Wildman–Crippen LogP) is 6.77. The van der Waals surface area contributed by atoms with E-state index >= 15 is 0 Å². The molecule has 0 spiro atoms. The Bertz CT molecular complexity index is 1110. The van der Waals surface area contributed by atoms with Gasteiger partial charge in [-0.1, -0.05) is 12.1 Å². The van der Waals surface area contributed by atoms with Gasteiger partial charge < -0.3 is 21.4 Å². The van der Waals surface area contributed by atoms with Crippen molar-refractivity contribution >= 4 is 62.2 Å². The van der Waals surface area contributed by atoms with E-state index in [-0.39, 0.29) is 28.3 Å². The van der Waals surface area contributed by atoms with Crippen molar-refractivity contribution in [3.8, 4) is 0 Å². The molecular weight excluding hydrogens is 493 g/mol. The molecule has 6 nitrogen and oxygen atoms in total. The summed E-state index contributed by atoms with van der Waals surface area (Å²) in [6.45, 7) is 1.69. The molecule has 4 N–H and O–H groups in total. The zero-order valence-corrected chi connectivity index (χ0v) is 18.8. The van der Waals surface area contributed by atoms with E-state index in [1.807, 2.05) is 12.1 Å². The average Bonchev–Trinajstić information content (AvgIpc) is 2.70. The predicted molar refractivity (Wildman–Crippen MR) is 123 cm³/mol. The summed E-state index contributed by atoms with van der Waals surface area (Å²) in [7, 11) is 1.78. The highest BCUT2D eigenvalue weighted by atomic mass is 79.9. The number of halogens is 4. The van der Waals surface area contributed by atoms with Gasteiger partial charge >= 0.3 is 5.51 Å². The van der Waals surface area contributed by atoms with Crippen molar-refractivity contribution in [3.05, 3.63) is 58.7 Å². The van der Waals surface area contributed by atoms with E-state index in [1.54, 1.807) is 38.2 Å². The molecule has 0 saturated heterocycles. The second-order valence-electron chi connectivity index (χ2n) is 6.32. The second kappa shape index (κ2) is 9.56. The molecule has 0 bridgehead atoms. The molecule has 0 fully saturated rings. The molecule has 1 heterocycles. The summed E-state index contributed by atoms with van der Waals surface area (Å²) < 4.78 is 39.1. The molecule has 11 heteroatoms. The van der Waals surface area contributed by atoms with E-state index in [0.29, 0.717) is 21.7 Å². The average molecular weight is 511 g/mol. The molecule has 0 unspecified atom stereocenters. The fourth-order valence-corrected chi connectivity index (χ4v) is 3.62. The first-order valence-corrected chi connectivity index (χ1v) is 10.6. The van der Waals surface area contributed by atoms with E-state index in [1.165, 1.54) is 12.3 Å². The topological polar surface area (TPSA) is 85.7 Å². The maximum Gasteiger partial charge on any atom is 0.446 e. The van der Waals surface area contributed by atoms with E-state index in [4.69, 9.17) is 5.41 Å². The number of anilines is 5. The lowest BCUT2D eigenvalue weighted by Crippen LogP contribution is -2.05. The number of alkyl halides is 3. The van der Waals surface area contributed by atoms with Gasteiger partial charge in [-0.25, -0.2) is 4.98 Å². The number of nitrogens with one attached hydrogen (secondary N) is 4. The Morgan fingerprint density at radius 2 is 1.84 bits per heavy atom. The van der Waals surface area contributed by atoms with Gasteiger partial charge in [0.1, 0.15) is 5.82 Å². The highest BCUT2D eigenvalue weighted by Crippen LogP contribution is 2.41. The smallest absolute Gasteiger partial charge is 0.388 e. The van der Waals surface area contributed by atoms with Gasteiger partial charge in [-0.15, -0.1) is 0 Å². The summed E-state index contributed by atoms with van der Waals surface area (Å²) in [5, 5.41) is 17.0. The number of para-hydroxylation sites is 1. The standard InChI is InChI=1S/C20H18BrF3N6S/c1-11(25)13-9-12(7-8-15(13)26-2)28-19-27-10-14(21)18(30-19)29-16-5-3-4-6-17(16)31-20(22,23)24/h3-10,25-26H,1-2H3,(H2,27,28,29,30). The van der Waals surface area contributed by atoms with Crippen molar-refractivity contribution in [2.75, 3.05) is 23.0 Å². The third-order valence-electron chi connectivity index (χ3n) is 4.06. The van der Waals surface area contributed by atoms with Crippen LogP contribution in [0, 0.1) is 5.41 Å². The summed E-state index contributed by atoms with van der Waals surface area (Å²) in [5.74, 6) is 0.556. The number of benzene rings is 2. The van der Waals surface area contributed by atoms with E-state index in [2.05, 4.69) is 41.8 Å². The number of thioether (sulfide) groups is 1. The van der Waals surface area contributed by atoms with Gasteiger partial charge in [0.05, 0.1) is 10.2 Å². The van der Waals surface area contributed by atoms with Crippen LogP contribution >= 0.6 is 27.7 Å². The molecule has 162 valence electrons. The number of nitrogens with zero attached hydrogens (tertiary/aromatic N) is 2. The minimum absolute atomic E-state index is 0.0313. The zero-order valence-electron chi connectivity index (χ0n) is 16.4. The molecule has 2 aromatic carbocycles. The largest absolute Gasteiger partial charge is 0.446 e. The molecular formula is C20H18BrF3N6S. The van der Waals surface area contributed by atoms with Crippen molar-refractivity contribution in [1.29, 1.82) is 5.41 Å². The van der Waals surface area contributed by atoms with Crippen molar-refractivity contribution in [2.45, 2.75) is 17.3 Å². The molecule has 0 saturated carbocycles. The Kier molecular flexibility index (Phi) is 7.06. The van der Waals surface area contributed by atoms with Crippen LogP contribution in [0.25, 0.3) is 0 Å². The number of hydrogen-bond acceptors (Lipinski definition) is 7. The second-order valence-corrected chi connectivity index (χ2v) is 8.28. The Hall–Kier alpha value is -2.79. The lowest BCUT2D eigenvalue weighted by atomic mass is 10.1. The normalized spacial score (nSPS) is 11.2. The van der Waals surface area contributed by atoms with E-state index in [9.17, 15) is 13.2 Å². The van der Waals surface area contributed by atoms with E-state index in [0.717, 1.165) is 11.3 Å². The summed E-state index contributed by atoms with van der Waals surface area (Å²) in [5.41, 5.74) is -1.53. The first kappa shape index (κ1) is 22.9. The molecule has 0 aliphatic heterocycles. The Morgan fingerprint density at radius 3 is 2.52 bits per heavy atom. The Balaban J connectivity index is 1.87.